The Kier molecular flexibility index (Phi) is 5.99. The van der Waals surface area contributed by atoms with Crippen LogP contribution in [-0.4, -0.2) is 44.9 Å². The average Bonchev–Trinajstić information content (AvgIpc) is 2.34. The molecule has 0 saturated carbocycles. The van der Waals surface area contributed by atoms with E-state index >= 15 is 0 Å². The Bertz CT molecular complexity index is 464. The zero-order valence-corrected chi connectivity index (χ0v) is 10.7. The van der Waals surface area contributed by atoms with Gasteiger partial charge in [-0.1, -0.05) is 0 Å². The monoisotopic (exact) mass is 275 g/mol. The molecule has 1 aromatic heterocycles. The second-order valence-corrected chi connectivity index (χ2v) is 5.21. The van der Waals surface area contributed by atoms with Gasteiger partial charge in [-0.25, -0.2) is 18.1 Å². The van der Waals surface area contributed by atoms with Crippen LogP contribution in [-0.2, 0) is 14.8 Å². The first-order valence-corrected chi connectivity index (χ1v) is 6.95. The van der Waals surface area contributed by atoms with Gasteiger partial charge in [-0.2, -0.15) is 0 Å². The molecular weight excluding hydrogens is 258 g/mol. The molecule has 1 rings (SSSR count). The number of nitrogens with one attached hydrogen (secondary N) is 1. The molecule has 0 amide bonds. The molecule has 18 heavy (non-hydrogen) atoms. The zero-order valence-electron chi connectivity index (χ0n) is 9.87. The fraction of sp³-hybridized carbons (Fsp3) is 0.500. The summed E-state index contributed by atoms with van der Waals surface area (Å²) >= 11 is 0. The lowest BCUT2D eigenvalue weighted by Crippen LogP contribution is -2.26. The molecule has 1 heterocycles. The summed E-state index contributed by atoms with van der Waals surface area (Å²) in [6.45, 7) is 0.827. The van der Waals surface area contributed by atoms with Gasteiger partial charge in [0.2, 0.25) is 10.0 Å². The smallest absolute Gasteiger partial charge is 0.244 e. The molecule has 0 aliphatic carbocycles. The zero-order chi connectivity index (χ0) is 13.4. The first kappa shape index (κ1) is 14.8. The van der Waals surface area contributed by atoms with Crippen LogP contribution in [0.25, 0.3) is 0 Å². The van der Waals surface area contributed by atoms with Crippen molar-refractivity contribution in [2.75, 3.05) is 32.1 Å². The Balaban J connectivity index is 2.44. The maximum absolute atomic E-state index is 11.8. The van der Waals surface area contributed by atoms with Crippen LogP contribution in [0.15, 0.2) is 23.2 Å². The van der Waals surface area contributed by atoms with E-state index in [1.54, 1.807) is 0 Å². The summed E-state index contributed by atoms with van der Waals surface area (Å²) in [5.41, 5.74) is 5.49. The van der Waals surface area contributed by atoms with Gasteiger partial charge in [0.05, 0.1) is 13.2 Å². The molecule has 1 aromatic rings. The topological polar surface area (TPSA) is 115 Å². The van der Waals surface area contributed by atoms with Crippen LogP contribution >= 0.6 is 0 Å². The predicted octanol–water partition coefficient (Wildman–Crippen LogP) is -0.659. The molecule has 0 bridgehead atoms. The molecule has 0 aliphatic rings. The summed E-state index contributed by atoms with van der Waals surface area (Å²) in [7, 11) is -3.63. The van der Waals surface area contributed by atoms with Crippen molar-refractivity contribution in [1.29, 1.82) is 0 Å². The second kappa shape index (κ2) is 7.27. The summed E-state index contributed by atoms with van der Waals surface area (Å²) < 4.78 is 31.1. The van der Waals surface area contributed by atoms with Gasteiger partial charge < -0.3 is 15.6 Å². The summed E-state index contributed by atoms with van der Waals surface area (Å²) in [5.74, 6) is -0.0264. The minimum Gasteiger partial charge on any atom is -0.394 e. The van der Waals surface area contributed by atoms with Gasteiger partial charge in [-0.15, -0.1) is 0 Å². The van der Waals surface area contributed by atoms with Gasteiger partial charge in [0.15, 0.2) is 0 Å². The molecule has 0 fully saturated rings. The highest BCUT2D eigenvalue weighted by molar-refractivity contribution is 7.89. The Labute approximate surface area is 106 Å². The molecule has 0 radical (unpaired) electrons. The van der Waals surface area contributed by atoms with E-state index in [1.165, 1.54) is 18.3 Å². The molecule has 8 heteroatoms. The number of nitrogen functional groups attached to an aromatic ring is 1. The molecular formula is C10H17N3O4S. The number of rotatable bonds is 8. The molecule has 0 saturated heterocycles. The van der Waals surface area contributed by atoms with E-state index in [9.17, 15) is 8.42 Å². The molecule has 102 valence electrons. The third-order valence-electron chi connectivity index (χ3n) is 2.08. The number of pyridine rings is 1. The first-order valence-electron chi connectivity index (χ1n) is 5.46. The van der Waals surface area contributed by atoms with Crippen molar-refractivity contribution in [3.05, 3.63) is 18.3 Å². The Morgan fingerprint density at radius 3 is 2.89 bits per heavy atom. The Morgan fingerprint density at radius 2 is 2.22 bits per heavy atom. The number of anilines is 1. The molecule has 0 aliphatic heterocycles. The number of aliphatic hydroxyl groups is 1. The van der Waals surface area contributed by atoms with E-state index in [1.807, 2.05) is 0 Å². The van der Waals surface area contributed by atoms with E-state index in [0.29, 0.717) is 13.0 Å². The molecule has 0 spiro atoms. The van der Waals surface area contributed by atoms with E-state index in [0.717, 1.165) is 0 Å². The van der Waals surface area contributed by atoms with Crippen LogP contribution in [0.1, 0.15) is 6.42 Å². The summed E-state index contributed by atoms with van der Waals surface area (Å²) in [6, 6.07) is 2.90. The normalized spacial score (nSPS) is 11.6. The summed E-state index contributed by atoms with van der Waals surface area (Å²) in [5, 5.41) is 8.47. The van der Waals surface area contributed by atoms with E-state index in [2.05, 4.69) is 9.71 Å². The number of aliphatic hydroxyl groups excluding tert-OH is 1. The van der Waals surface area contributed by atoms with Gasteiger partial charge in [0.25, 0.3) is 0 Å². The quantitative estimate of drug-likeness (QED) is 0.543. The van der Waals surface area contributed by atoms with Crippen molar-refractivity contribution < 1.29 is 18.3 Å². The van der Waals surface area contributed by atoms with Crippen molar-refractivity contribution in [1.82, 2.24) is 9.71 Å². The highest BCUT2D eigenvalue weighted by atomic mass is 32.2. The van der Waals surface area contributed by atoms with Gasteiger partial charge in [-0.3, -0.25) is 0 Å². The maximum Gasteiger partial charge on any atom is 0.244 e. The van der Waals surface area contributed by atoms with Crippen molar-refractivity contribution in [3.63, 3.8) is 0 Å². The van der Waals surface area contributed by atoms with Gasteiger partial charge in [0, 0.05) is 19.3 Å². The highest BCUT2D eigenvalue weighted by Gasteiger charge is 2.16. The van der Waals surface area contributed by atoms with Crippen LogP contribution in [0, 0.1) is 0 Å². The number of nitrogens with zero attached hydrogens (tertiary/aromatic N) is 1. The van der Waals surface area contributed by atoms with Crippen molar-refractivity contribution >= 4 is 15.8 Å². The minimum atomic E-state index is -3.63. The van der Waals surface area contributed by atoms with Crippen LogP contribution in [0.2, 0.25) is 0 Å². The average molecular weight is 275 g/mol. The van der Waals surface area contributed by atoms with Crippen LogP contribution in [0.3, 0.4) is 0 Å². The highest BCUT2D eigenvalue weighted by Crippen LogP contribution is 2.13. The standard InChI is InChI=1S/C10H17N3O4S/c11-10-9(3-1-4-12-10)18(15,16)13-5-2-7-17-8-6-14/h1,3-4,13-14H,2,5-8H2,(H2,11,12). The number of aromatic nitrogens is 1. The Hall–Kier alpha value is -1.22. The van der Waals surface area contributed by atoms with Crippen LogP contribution < -0.4 is 10.5 Å². The first-order chi connectivity index (χ1) is 8.58. The van der Waals surface area contributed by atoms with Gasteiger partial charge >= 0.3 is 0 Å². The van der Waals surface area contributed by atoms with E-state index in [4.69, 9.17) is 15.6 Å². The van der Waals surface area contributed by atoms with Crippen LogP contribution in [0.5, 0.6) is 0 Å². The minimum absolute atomic E-state index is 0.0264. The molecule has 7 nitrogen and oxygen atoms in total. The largest absolute Gasteiger partial charge is 0.394 e. The van der Waals surface area contributed by atoms with Gasteiger partial charge in [-0.05, 0) is 18.6 Å². The van der Waals surface area contributed by atoms with Crippen LogP contribution in [0.4, 0.5) is 5.82 Å². The maximum atomic E-state index is 11.8. The lowest BCUT2D eigenvalue weighted by atomic mass is 10.5. The van der Waals surface area contributed by atoms with E-state index < -0.39 is 10.0 Å². The van der Waals surface area contributed by atoms with E-state index in [-0.39, 0.29) is 30.5 Å². The summed E-state index contributed by atoms with van der Waals surface area (Å²) in [4.78, 5) is 3.69. The van der Waals surface area contributed by atoms with Gasteiger partial charge in [0.1, 0.15) is 10.7 Å². The fourth-order valence-corrected chi connectivity index (χ4v) is 2.41. The van der Waals surface area contributed by atoms with Crippen molar-refractivity contribution in [2.24, 2.45) is 0 Å². The Morgan fingerprint density at radius 1 is 1.44 bits per heavy atom. The third kappa shape index (κ3) is 4.57. The lowest BCUT2D eigenvalue weighted by molar-refractivity contribution is 0.0913. The molecule has 0 aromatic carbocycles. The lowest BCUT2D eigenvalue weighted by Gasteiger charge is -2.08. The van der Waals surface area contributed by atoms with Crippen molar-refractivity contribution in [3.8, 4) is 0 Å². The molecule has 0 atom stereocenters. The number of ether oxygens (including phenoxy) is 1. The fourth-order valence-electron chi connectivity index (χ4n) is 1.26. The second-order valence-electron chi connectivity index (χ2n) is 3.47. The third-order valence-corrected chi connectivity index (χ3v) is 3.59. The predicted molar refractivity (Wildman–Crippen MR) is 66.4 cm³/mol. The number of hydrogen-bond donors (Lipinski definition) is 3. The molecule has 4 N–H and O–H groups in total. The number of sulfonamides is 1. The van der Waals surface area contributed by atoms with Crippen molar-refractivity contribution in [2.45, 2.75) is 11.3 Å². The molecule has 0 unspecified atom stereocenters. The number of hydrogen-bond acceptors (Lipinski definition) is 6. The SMILES string of the molecule is Nc1ncccc1S(=O)(=O)NCCCOCCO. The number of nitrogens with two attached hydrogens (primary N) is 1. The summed E-state index contributed by atoms with van der Waals surface area (Å²) in [6.07, 6.45) is 1.94.